The van der Waals surface area contributed by atoms with Crippen LogP contribution in [0.2, 0.25) is 5.02 Å². The van der Waals surface area contributed by atoms with Crippen molar-refractivity contribution in [2.75, 3.05) is 12.4 Å². The smallest absolute Gasteiger partial charge is 0.327 e. The number of ether oxygens (including phenoxy) is 1. The van der Waals surface area contributed by atoms with Crippen LogP contribution in [0.1, 0.15) is 10.5 Å². The summed E-state index contributed by atoms with van der Waals surface area (Å²) in [6.45, 7) is -0.0116. The molecule has 2 rings (SSSR count). The molecule has 2 aromatic rings. The molecule has 0 aliphatic heterocycles. The van der Waals surface area contributed by atoms with E-state index >= 15 is 0 Å². The predicted molar refractivity (Wildman–Crippen MR) is 72.6 cm³/mol. The number of nitrogens with zero attached hydrogens (tertiary/aromatic N) is 3. The van der Waals surface area contributed by atoms with Crippen molar-refractivity contribution in [2.45, 2.75) is 6.54 Å². The van der Waals surface area contributed by atoms with Crippen molar-refractivity contribution >= 4 is 29.2 Å². The van der Waals surface area contributed by atoms with E-state index in [1.807, 2.05) is 0 Å². The van der Waals surface area contributed by atoms with E-state index in [4.69, 9.17) is 11.6 Å². The highest BCUT2D eigenvalue weighted by Gasteiger charge is 2.12. The minimum atomic E-state index is -0.416. The van der Waals surface area contributed by atoms with E-state index in [0.29, 0.717) is 16.4 Å². The lowest BCUT2D eigenvalue weighted by Gasteiger charge is -2.03. The quantitative estimate of drug-likeness (QED) is 0.863. The largest absolute Gasteiger partial charge is 0.468 e. The third-order valence-electron chi connectivity index (χ3n) is 2.61. The fourth-order valence-corrected chi connectivity index (χ4v) is 1.91. The molecule has 0 atom stereocenters. The zero-order valence-corrected chi connectivity index (χ0v) is 11.7. The summed E-state index contributed by atoms with van der Waals surface area (Å²) in [6, 6.07) is 1.57. The Balaban J connectivity index is 2.05. The van der Waals surface area contributed by atoms with Crippen molar-refractivity contribution in [3.63, 3.8) is 0 Å². The van der Waals surface area contributed by atoms with Crippen LogP contribution in [0.25, 0.3) is 0 Å². The summed E-state index contributed by atoms with van der Waals surface area (Å²) < 4.78 is 7.52. The molecule has 0 aromatic carbocycles. The second-order valence-corrected chi connectivity index (χ2v) is 4.55. The van der Waals surface area contributed by atoms with Crippen LogP contribution >= 0.6 is 11.6 Å². The van der Waals surface area contributed by atoms with Crippen LogP contribution in [0, 0.1) is 0 Å². The molecule has 2 aromatic heterocycles. The summed E-state index contributed by atoms with van der Waals surface area (Å²) in [5, 5.41) is 7.10. The number of anilines is 1. The Morgan fingerprint density at radius 1 is 1.45 bits per heavy atom. The van der Waals surface area contributed by atoms with Gasteiger partial charge in [0.15, 0.2) is 0 Å². The number of esters is 1. The van der Waals surface area contributed by atoms with Crippen molar-refractivity contribution < 1.29 is 14.3 Å². The van der Waals surface area contributed by atoms with Gasteiger partial charge in [0, 0.05) is 19.4 Å². The van der Waals surface area contributed by atoms with Crippen LogP contribution in [0.15, 0.2) is 24.7 Å². The van der Waals surface area contributed by atoms with Gasteiger partial charge in [0.25, 0.3) is 5.91 Å². The van der Waals surface area contributed by atoms with E-state index in [1.54, 1.807) is 30.1 Å². The molecule has 8 heteroatoms. The van der Waals surface area contributed by atoms with Gasteiger partial charge in [0.2, 0.25) is 0 Å². The molecule has 0 saturated carbocycles. The molecule has 0 bridgehead atoms. The summed E-state index contributed by atoms with van der Waals surface area (Å²) in [4.78, 5) is 23.1. The summed E-state index contributed by atoms with van der Waals surface area (Å²) in [5.74, 6) is -0.725. The summed E-state index contributed by atoms with van der Waals surface area (Å²) >= 11 is 5.82. The SMILES string of the molecule is COC(=O)Cn1cc(NC(=O)c2cc(Cl)cn2C)cn1. The monoisotopic (exact) mass is 296 g/mol. The molecule has 0 aliphatic rings. The van der Waals surface area contributed by atoms with E-state index in [2.05, 4.69) is 15.2 Å². The van der Waals surface area contributed by atoms with Gasteiger partial charge in [-0.15, -0.1) is 0 Å². The molecule has 1 N–H and O–H groups in total. The van der Waals surface area contributed by atoms with Crippen LogP contribution in [-0.2, 0) is 23.1 Å². The number of nitrogens with one attached hydrogen (secondary N) is 1. The number of halogens is 1. The Morgan fingerprint density at radius 2 is 2.20 bits per heavy atom. The highest BCUT2D eigenvalue weighted by Crippen LogP contribution is 2.14. The lowest BCUT2D eigenvalue weighted by atomic mass is 10.4. The molecule has 0 aliphatic carbocycles. The van der Waals surface area contributed by atoms with E-state index in [-0.39, 0.29) is 12.5 Å². The Labute approximate surface area is 120 Å². The van der Waals surface area contributed by atoms with Gasteiger partial charge in [-0.1, -0.05) is 11.6 Å². The molecule has 0 fully saturated rings. The van der Waals surface area contributed by atoms with E-state index in [1.165, 1.54) is 18.0 Å². The fraction of sp³-hybridized carbons (Fsp3) is 0.250. The number of aromatic nitrogens is 3. The second-order valence-electron chi connectivity index (χ2n) is 4.11. The molecular formula is C12H13ClN4O3. The molecule has 0 saturated heterocycles. The Hall–Kier alpha value is -2.28. The molecular weight excluding hydrogens is 284 g/mol. The highest BCUT2D eigenvalue weighted by molar-refractivity contribution is 6.31. The maximum absolute atomic E-state index is 12.0. The lowest BCUT2D eigenvalue weighted by Crippen LogP contribution is -2.15. The van der Waals surface area contributed by atoms with Gasteiger partial charge in [-0.2, -0.15) is 5.10 Å². The Morgan fingerprint density at radius 3 is 2.80 bits per heavy atom. The number of amides is 1. The van der Waals surface area contributed by atoms with Crippen molar-refractivity contribution in [1.29, 1.82) is 0 Å². The van der Waals surface area contributed by atoms with Crippen molar-refractivity contribution in [3.8, 4) is 0 Å². The van der Waals surface area contributed by atoms with Crippen molar-refractivity contribution in [2.24, 2.45) is 7.05 Å². The highest BCUT2D eigenvalue weighted by atomic mass is 35.5. The number of aryl methyl sites for hydroxylation is 1. The minimum Gasteiger partial charge on any atom is -0.468 e. The fourth-order valence-electron chi connectivity index (χ4n) is 1.66. The molecule has 2 heterocycles. The molecule has 0 spiro atoms. The minimum absolute atomic E-state index is 0.0116. The van der Waals surface area contributed by atoms with Crippen LogP contribution in [-0.4, -0.2) is 33.3 Å². The Bertz CT molecular complexity index is 647. The van der Waals surface area contributed by atoms with Gasteiger partial charge in [-0.25, -0.2) is 0 Å². The normalized spacial score (nSPS) is 10.3. The topological polar surface area (TPSA) is 78.1 Å². The number of hydrogen-bond acceptors (Lipinski definition) is 4. The third kappa shape index (κ3) is 3.18. The molecule has 106 valence electrons. The second kappa shape index (κ2) is 5.79. The molecule has 20 heavy (non-hydrogen) atoms. The van der Waals surface area contributed by atoms with Crippen LogP contribution in [0.3, 0.4) is 0 Å². The molecule has 1 amide bonds. The van der Waals surface area contributed by atoms with Gasteiger partial charge in [-0.05, 0) is 6.07 Å². The van der Waals surface area contributed by atoms with Crippen molar-refractivity contribution in [3.05, 3.63) is 35.4 Å². The molecule has 7 nitrogen and oxygen atoms in total. The number of hydrogen-bond donors (Lipinski definition) is 1. The van der Waals surface area contributed by atoms with E-state index < -0.39 is 5.97 Å². The summed E-state index contributed by atoms with van der Waals surface area (Å²) in [5.41, 5.74) is 0.909. The summed E-state index contributed by atoms with van der Waals surface area (Å²) in [7, 11) is 3.02. The van der Waals surface area contributed by atoms with Gasteiger partial charge in [0.05, 0.1) is 24.0 Å². The lowest BCUT2D eigenvalue weighted by molar-refractivity contribution is -0.141. The van der Waals surface area contributed by atoms with Crippen molar-refractivity contribution in [1.82, 2.24) is 14.3 Å². The van der Waals surface area contributed by atoms with E-state index in [9.17, 15) is 9.59 Å². The van der Waals surface area contributed by atoms with Gasteiger partial charge in [-0.3, -0.25) is 14.3 Å². The first-order chi connectivity index (χ1) is 9.49. The number of rotatable bonds is 4. The number of methoxy groups -OCH3 is 1. The van der Waals surface area contributed by atoms with Gasteiger partial charge < -0.3 is 14.6 Å². The first-order valence-electron chi connectivity index (χ1n) is 5.72. The first kappa shape index (κ1) is 14.1. The number of carbonyl (C=O) groups is 2. The van der Waals surface area contributed by atoms with Gasteiger partial charge in [0.1, 0.15) is 12.2 Å². The zero-order valence-electron chi connectivity index (χ0n) is 11.0. The van der Waals surface area contributed by atoms with E-state index in [0.717, 1.165) is 0 Å². The average Bonchev–Trinajstić information content (AvgIpc) is 2.95. The third-order valence-corrected chi connectivity index (χ3v) is 2.82. The summed E-state index contributed by atoms with van der Waals surface area (Å²) in [6.07, 6.45) is 4.63. The van der Waals surface area contributed by atoms with Crippen LogP contribution in [0.4, 0.5) is 5.69 Å². The zero-order chi connectivity index (χ0) is 14.7. The Kier molecular flexibility index (Phi) is 4.09. The van der Waals surface area contributed by atoms with Crippen LogP contribution < -0.4 is 5.32 Å². The molecule has 0 unspecified atom stereocenters. The maximum Gasteiger partial charge on any atom is 0.327 e. The standard InChI is InChI=1S/C12H13ClN4O3/c1-16-5-8(13)3-10(16)12(19)15-9-4-14-17(6-9)7-11(18)20-2/h3-6H,7H2,1-2H3,(H,15,19). The van der Waals surface area contributed by atoms with Crippen LogP contribution in [0.5, 0.6) is 0 Å². The predicted octanol–water partition coefficient (Wildman–Crippen LogP) is 1.30. The number of carbonyl (C=O) groups excluding carboxylic acids is 2. The first-order valence-corrected chi connectivity index (χ1v) is 6.10. The average molecular weight is 297 g/mol. The maximum atomic E-state index is 12.0. The van der Waals surface area contributed by atoms with Gasteiger partial charge >= 0.3 is 5.97 Å². The molecule has 0 radical (unpaired) electrons.